The molecular weight excluding hydrogens is 261 g/mol. The molecule has 2 aromatic rings. The number of rotatable bonds is 5. The summed E-state index contributed by atoms with van der Waals surface area (Å²) in [4.78, 5) is 0.880. The van der Waals surface area contributed by atoms with Crippen LogP contribution in [0.15, 0.2) is 53.4 Å². The van der Waals surface area contributed by atoms with Crippen molar-refractivity contribution >= 4 is 11.8 Å². The summed E-state index contributed by atoms with van der Waals surface area (Å²) in [5.41, 5.74) is 7.13. The van der Waals surface area contributed by atoms with Gasteiger partial charge in [0, 0.05) is 22.3 Å². The van der Waals surface area contributed by atoms with Gasteiger partial charge in [-0.25, -0.2) is 4.39 Å². The number of methoxy groups -OCH3 is 1. The summed E-state index contributed by atoms with van der Waals surface area (Å²) in [7, 11) is 1.63. The van der Waals surface area contributed by atoms with Gasteiger partial charge in [0.15, 0.2) is 0 Å². The monoisotopic (exact) mass is 277 g/mol. The zero-order chi connectivity index (χ0) is 13.7. The Labute approximate surface area is 116 Å². The average Bonchev–Trinajstić information content (AvgIpc) is 2.45. The summed E-state index contributed by atoms with van der Waals surface area (Å²) in [6.45, 7) is 0. The van der Waals surface area contributed by atoms with Gasteiger partial charge in [-0.3, -0.25) is 0 Å². The first-order chi connectivity index (χ1) is 9.20. The molecule has 0 radical (unpaired) electrons. The van der Waals surface area contributed by atoms with Crippen LogP contribution in [0.2, 0.25) is 0 Å². The first kappa shape index (κ1) is 13.9. The summed E-state index contributed by atoms with van der Waals surface area (Å²) in [6.07, 6.45) is 0. The van der Waals surface area contributed by atoms with E-state index in [1.165, 1.54) is 23.9 Å². The minimum atomic E-state index is -0.226. The van der Waals surface area contributed by atoms with Crippen molar-refractivity contribution in [3.8, 4) is 5.75 Å². The molecular formula is C15H16FNOS. The summed E-state index contributed by atoms with van der Waals surface area (Å²) >= 11 is 1.54. The van der Waals surface area contributed by atoms with E-state index in [1.807, 2.05) is 30.3 Å². The fraction of sp³-hybridized carbons (Fsp3) is 0.200. The Kier molecular flexibility index (Phi) is 4.82. The zero-order valence-corrected chi connectivity index (χ0v) is 11.5. The molecule has 0 fully saturated rings. The van der Waals surface area contributed by atoms with E-state index < -0.39 is 0 Å². The van der Waals surface area contributed by atoms with E-state index in [9.17, 15) is 4.39 Å². The largest absolute Gasteiger partial charge is 0.496 e. The zero-order valence-electron chi connectivity index (χ0n) is 10.7. The number of benzene rings is 2. The van der Waals surface area contributed by atoms with Crippen LogP contribution in [0.3, 0.4) is 0 Å². The minimum Gasteiger partial charge on any atom is -0.496 e. The Hall–Kier alpha value is -1.52. The first-order valence-corrected chi connectivity index (χ1v) is 6.96. The van der Waals surface area contributed by atoms with Crippen molar-refractivity contribution in [1.82, 2.24) is 0 Å². The Balaban J connectivity index is 2.03. The summed E-state index contributed by atoms with van der Waals surface area (Å²) in [5.74, 6) is 1.23. The average molecular weight is 277 g/mol. The van der Waals surface area contributed by atoms with Crippen LogP contribution in [0, 0.1) is 5.82 Å². The highest BCUT2D eigenvalue weighted by molar-refractivity contribution is 7.99. The van der Waals surface area contributed by atoms with Crippen LogP contribution >= 0.6 is 11.8 Å². The predicted molar refractivity (Wildman–Crippen MR) is 77.0 cm³/mol. The van der Waals surface area contributed by atoms with Gasteiger partial charge in [0.05, 0.1) is 7.11 Å². The van der Waals surface area contributed by atoms with Gasteiger partial charge in [0.2, 0.25) is 0 Å². The van der Waals surface area contributed by atoms with Crippen molar-refractivity contribution in [1.29, 1.82) is 0 Å². The van der Waals surface area contributed by atoms with Crippen molar-refractivity contribution in [2.24, 2.45) is 5.73 Å². The molecule has 0 heterocycles. The van der Waals surface area contributed by atoms with Crippen molar-refractivity contribution in [3.05, 3.63) is 59.9 Å². The van der Waals surface area contributed by atoms with Gasteiger partial charge in [-0.1, -0.05) is 24.3 Å². The maximum atomic E-state index is 13.1. The second-order valence-corrected chi connectivity index (χ2v) is 5.21. The fourth-order valence-corrected chi connectivity index (χ4v) is 2.73. The van der Waals surface area contributed by atoms with E-state index in [4.69, 9.17) is 10.5 Å². The lowest BCUT2D eigenvalue weighted by atomic mass is 10.1. The molecule has 100 valence electrons. The standard InChI is InChI=1S/C15H16FNOS/c1-18-15-8-3-2-7-13(15)14(17)10-19-12-6-4-5-11(16)9-12/h2-9,14H,10,17H2,1H3. The molecule has 2 N–H and O–H groups in total. The molecule has 0 saturated heterocycles. The maximum Gasteiger partial charge on any atom is 0.124 e. The summed E-state index contributed by atoms with van der Waals surface area (Å²) in [6, 6.07) is 14.1. The third-order valence-electron chi connectivity index (χ3n) is 2.76. The van der Waals surface area contributed by atoms with Crippen molar-refractivity contribution in [3.63, 3.8) is 0 Å². The molecule has 1 atom stereocenters. The molecule has 0 saturated carbocycles. The molecule has 0 bridgehead atoms. The molecule has 4 heteroatoms. The molecule has 1 unspecified atom stereocenters. The maximum absolute atomic E-state index is 13.1. The van der Waals surface area contributed by atoms with Crippen LogP contribution in [-0.4, -0.2) is 12.9 Å². The first-order valence-electron chi connectivity index (χ1n) is 5.97. The van der Waals surface area contributed by atoms with Crippen molar-refractivity contribution in [2.45, 2.75) is 10.9 Å². The number of ether oxygens (including phenoxy) is 1. The van der Waals surface area contributed by atoms with E-state index >= 15 is 0 Å². The SMILES string of the molecule is COc1ccccc1C(N)CSc1cccc(F)c1. The van der Waals surface area contributed by atoms with Crippen molar-refractivity contribution in [2.75, 3.05) is 12.9 Å². The number of hydrogen-bond donors (Lipinski definition) is 1. The Bertz CT molecular complexity index is 547. The lowest BCUT2D eigenvalue weighted by Crippen LogP contribution is -2.14. The van der Waals surface area contributed by atoms with E-state index in [0.717, 1.165) is 16.2 Å². The minimum absolute atomic E-state index is 0.149. The van der Waals surface area contributed by atoms with Crippen LogP contribution in [0.5, 0.6) is 5.75 Å². The second-order valence-electron chi connectivity index (χ2n) is 4.12. The Morgan fingerprint density at radius 3 is 2.74 bits per heavy atom. The fourth-order valence-electron chi connectivity index (χ4n) is 1.81. The van der Waals surface area contributed by atoms with Crippen LogP contribution in [-0.2, 0) is 0 Å². The molecule has 0 aliphatic rings. The van der Waals surface area contributed by atoms with E-state index in [2.05, 4.69) is 0 Å². The van der Waals surface area contributed by atoms with Gasteiger partial charge in [-0.2, -0.15) is 0 Å². The molecule has 19 heavy (non-hydrogen) atoms. The van der Waals surface area contributed by atoms with E-state index in [1.54, 1.807) is 13.2 Å². The number of thioether (sulfide) groups is 1. The van der Waals surface area contributed by atoms with Gasteiger partial charge in [0.1, 0.15) is 11.6 Å². The van der Waals surface area contributed by atoms with Crippen LogP contribution in [0.4, 0.5) is 4.39 Å². The number of hydrogen-bond acceptors (Lipinski definition) is 3. The molecule has 2 nitrogen and oxygen atoms in total. The third-order valence-corrected chi connectivity index (χ3v) is 3.88. The molecule has 0 aromatic heterocycles. The lowest BCUT2D eigenvalue weighted by molar-refractivity contribution is 0.407. The van der Waals surface area contributed by atoms with Gasteiger partial charge in [-0.05, 0) is 24.3 Å². The Morgan fingerprint density at radius 2 is 2.00 bits per heavy atom. The summed E-state index contributed by atoms with van der Waals surface area (Å²) < 4.78 is 18.4. The van der Waals surface area contributed by atoms with E-state index in [-0.39, 0.29) is 11.9 Å². The second kappa shape index (κ2) is 6.59. The molecule has 0 amide bonds. The third kappa shape index (κ3) is 3.72. The smallest absolute Gasteiger partial charge is 0.124 e. The number of halogens is 1. The van der Waals surface area contributed by atoms with Gasteiger partial charge >= 0.3 is 0 Å². The Morgan fingerprint density at radius 1 is 1.21 bits per heavy atom. The molecule has 0 spiro atoms. The molecule has 0 aliphatic carbocycles. The lowest BCUT2D eigenvalue weighted by Gasteiger charge is -2.15. The van der Waals surface area contributed by atoms with Crippen LogP contribution < -0.4 is 10.5 Å². The predicted octanol–water partition coefficient (Wildman–Crippen LogP) is 3.63. The highest BCUT2D eigenvalue weighted by Crippen LogP contribution is 2.28. The topological polar surface area (TPSA) is 35.2 Å². The van der Waals surface area contributed by atoms with Gasteiger partial charge < -0.3 is 10.5 Å². The summed E-state index contributed by atoms with van der Waals surface area (Å²) in [5, 5.41) is 0. The number of para-hydroxylation sites is 1. The highest BCUT2D eigenvalue weighted by atomic mass is 32.2. The normalized spacial score (nSPS) is 12.2. The highest BCUT2D eigenvalue weighted by Gasteiger charge is 2.11. The van der Waals surface area contributed by atoms with Gasteiger partial charge in [-0.15, -0.1) is 11.8 Å². The van der Waals surface area contributed by atoms with Crippen LogP contribution in [0.25, 0.3) is 0 Å². The molecule has 2 rings (SSSR count). The quantitative estimate of drug-likeness (QED) is 0.848. The molecule has 0 aliphatic heterocycles. The van der Waals surface area contributed by atoms with Gasteiger partial charge in [0.25, 0.3) is 0 Å². The number of nitrogens with two attached hydrogens (primary N) is 1. The van der Waals surface area contributed by atoms with Crippen LogP contribution in [0.1, 0.15) is 11.6 Å². The molecule has 2 aromatic carbocycles. The van der Waals surface area contributed by atoms with E-state index in [0.29, 0.717) is 5.75 Å². The van der Waals surface area contributed by atoms with Crippen molar-refractivity contribution < 1.29 is 9.13 Å².